The SMILES string of the molecule is CCC1CCCC(C(=O)Cc2ccccc2)C1. The fourth-order valence-corrected chi connectivity index (χ4v) is 2.90. The van der Waals surface area contributed by atoms with Crippen molar-refractivity contribution in [2.24, 2.45) is 11.8 Å². The van der Waals surface area contributed by atoms with Crippen LogP contribution < -0.4 is 0 Å². The van der Waals surface area contributed by atoms with Gasteiger partial charge in [0.15, 0.2) is 0 Å². The van der Waals surface area contributed by atoms with Crippen molar-refractivity contribution < 1.29 is 4.79 Å². The van der Waals surface area contributed by atoms with E-state index in [-0.39, 0.29) is 0 Å². The largest absolute Gasteiger partial charge is 0.299 e. The van der Waals surface area contributed by atoms with Crippen LogP contribution in [0.25, 0.3) is 0 Å². The van der Waals surface area contributed by atoms with Gasteiger partial charge in [0.25, 0.3) is 0 Å². The third-order valence-corrected chi connectivity index (χ3v) is 4.04. The molecule has 0 N–H and O–H groups in total. The summed E-state index contributed by atoms with van der Waals surface area (Å²) in [7, 11) is 0. The minimum Gasteiger partial charge on any atom is -0.299 e. The van der Waals surface area contributed by atoms with Crippen LogP contribution >= 0.6 is 0 Å². The average Bonchev–Trinajstić information content (AvgIpc) is 2.40. The van der Waals surface area contributed by atoms with Crippen LogP contribution in [-0.2, 0) is 11.2 Å². The number of hydrogen-bond acceptors (Lipinski definition) is 1. The van der Waals surface area contributed by atoms with E-state index in [1.807, 2.05) is 18.2 Å². The molecule has 0 amide bonds. The molecule has 0 bridgehead atoms. The van der Waals surface area contributed by atoms with Crippen LogP contribution in [0, 0.1) is 11.8 Å². The third-order valence-electron chi connectivity index (χ3n) is 4.04. The molecule has 1 heteroatoms. The fourth-order valence-electron chi connectivity index (χ4n) is 2.90. The van der Waals surface area contributed by atoms with Gasteiger partial charge in [-0.05, 0) is 24.3 Å². The molecular weight excluding hydrogens is 208 g/mol. The molecule has 0 heterocycles. The van der Waals surface area contributed by atoms with Gasteiger partial charge in [-0.1, -0.05) is 56.5 Å². The number of rotatable bonds is 4. The first kappa shape index (κ1) is 12.3. The van der Waals surface area contributed by atoms with Gasteiger partial charge >= 0.3 is 0 Å². The quantitative estimate of drug-likeness (QED) is 0.763. The van der Waals surface area contributed by atoms with Gasteiger partial charge in [-0.25, -0.2) is 0 Å². The van der Waals surface area contributed by atoms with Crippen molar-refractivity contribution in [2.75, 3.05) is 0 Å². The molecule has 2 unspecified atom stereocenters. The molecule has 17 heavy (non-hydrogen) atoms. The number of hydrogen-bond donors (Lipinski definition) is 0. The highest BCUT2D eigenvalue weighted by molar-refractivity contribution is 5.83. The molecular formula is C16H22O. The van der Waals surface area contributed by atoms with Crippen molar-refractivity contribution >= 4 is 5.78 Å². The lowest BCUT2D eigenvalue weighted by Crippen LogP contribution is -2.24. The molecule has 1 aromatic rings. The van der Waals surface area contributed by atoms with Crippen molar-refractivity contribution in [2.45, 2.75) is 45.4 Å². The lowest BCUT2D eigenvalue weighted by Gasteiger charge is -2.27. The standard InChI is InChI=1S/C16H22O/c1-2-13-9-6-10-15(11-13)16(17)12-14-7-4-3-5-8-14/h3-5,7-8,13,15H,2,6,9-12H2,1H3. The summed E-state index contributed by atoms with van der Waals surface area (Å²) in [4.78, 5) is 12.2. The zero-order chi connectivity index (χ0) is 12.1. The van der Waals surface area contributed by atoms with Crippen molar-refractivity contribution in [3.63, 3.8) is 0 Å². The molecule has 0 aliphatic heterocycles. The summed E-state index contributed by atoms with van der Waals surface area (Å²) >= 11 is 0. The second-order valence-corrected chi connectivity index (χ2v) is 5.27. The van der Waals surface area contributed by atoms with Crippen LogP contribution in [0.15, 0.2) is 30.3 Å². The summed E-state index contributed by atoms with van der Waals surface area (Å²) in [5.41, 5.74) is 1.16. The van der Waals surface area contributed by atoms with E-state index < -0.39 is 0 Å². The molecule has 0 aromatic heterocycles. The summed E-state index contributed by atoms with van der Waals surface area (Å²) in [5.74, 6) is 1.57. The van der Waals surface area contributed by atoms with E-state index in [2.05, 4.69) is 19.1 Å². The summed E-state index contributed by atoms with van der Waals surface area (Å²) in [5, 5.41) is 0. The van der Waals surface area contributed by atoms with Crippen LogP contribution in [-0.4, -0.2) is 5.78 Å². The van der Waals surface area contributed by atoms with Gasteiger partial charge in [-0.3, -0.25) is 4.79 Å². The molecule has 1 aliphatic carbocycles. The maximum absolute atomic E-state index is 12.2. The van der Waals surface area contributed by atoms with Gasteiger partial charge in [0.2, 0.25) is 0 Å². The second kappa shape index (κ2) is 6.00. The zero-order valence-electron chi connectivity index (χ0n) is 10.7. The van der Waals surface area contributed by atoms with Crippen LogP contribution in [0.2, 0.25) is 0 Å². The summed E-state index contributed by atoms with van der Waals surface area (Å²) in [6, 6.07) is 10.1. The third kappa shape index (κ3) is 3.42. The van der Waals surface area contributed by atoms with Gasteiger partial charge in [0.1, 0.15) is 5.78 Å². The van der Waals surface area contributed by atoms with Gasteiger partial charge in [-0.2, -0.15) is 0 Å². The Kier molecular flexibility index (Phi) is 4.36. The predicted octanol–water partition coefficient (Wildman–Crippen LogP) is 4.01. The van der Waals surface area contributed by atoms with E-state index in [1.165, 1.54) is 19.3 Å². The molecule has 1 fully saturated rings. The highest BCUT2D eigenvalue weighted by Crippen LogP contribution is 2.32. The first-order valence-electron chi connectivity index (χ1n) is 6.86. The van der Waals surface area contributed by atoms with Crippen molar-refractivity contribution in [3.05, 3.63) is 35.9 Å². The average molecular weight is 230 g/mol. The summed E-state index contributed by atoms with van der Waals surface area (Å²) < 4.78 is 0. The number of carbonyl (C=O) groups is 1. The molecule has 0 spiro atoms. The number of ketones is 1. The topological polar surface area (TPSA) is 17.1 Å². The Morgan fingerprint density at radius 2 is 2.00 bits per heavy atom. The Morgan fingerprint density at radius 3 is 2.71 bits per heavy atom. The Balaban J connectivity index is 1.91. The number of benzene rings is 1. The lowest BCUT2D eigenvalue weighted by molar-refractivity contribution is -0.123. The minimum atomic E-state index is 0.328. The van der Waals surface area contributed by atoms with E-state index in [1.54, 1.807) is 0 Å². The smallest absolute Gasteiger partial charge is 0.140 e. The molecule has 92 valence electrons. The maximum Gasteiger partial charge on any atom is 0.140 e. The highest BCUT2D eigenvalue weighted by atomic mass is 16.1. The minimum absolute atomic E-state index is 0.328. The van der Waals surface area contributed by atoms with Gasteiger partial charge in [0.05, 0.1) is 0 Å². The molecule has 2 atom stereocenters. The van der Waals surface area contributed by atoms with Crippen molar-refractivity contribution in [1.29, 1.82) is 0 Å². The normalized spacial score (nSPS) is 24.5. The maximum atomic E-state index is 12.2. The van der Waals surface area contributed by atoms with Crippen LogP contribution in [0.1, 0.15) is 44.6 Å². The van der Waals surface area contributed by atoms with Gasteiger partial charge < -0.3 is 0 Å². The van der Waals surface area contributed by atoms with Gasteiger partial charge in [0, 0.05) is 12.3 Å². The Bertz CT molecular complexity index is 355. The van der Waals surface area contributed by atoms with E-state index in [4.69, 9.17) is 0 Å². The number of Topliss-reactive ketones (excluding diaryl/α,β-unsaturated/α-hetero) is 1. The zero-order valence-corrected chi connectivity index (χ0v) is 10.7. The van der Waals surface area contributed by atoms with Crippen LogP contribution in [0.5, 0.6) is 0 Å². The van der Waals surface area contributed by atoms with Crippen LogP contribution in [0.3, 0.4) is 0 Å². The predicted molar refractivity (Wildman–Crippen MR) is 70.9 cm³/mol. The fraction of sp³-hybridized carbons (Fsp3) is 0.562. The number of carbonyl (C=O) groups excluding carboxylic acids is 1. The highest BCUT2D eigenvalue weighted by Gasteiger charge is 2.25. The van der Waals surface area contributed by atoms with E-state index >= 15 is 0 Å². The van der Waals surface area contributed by atoms with E-state index in [0.717, 1.165) is 24.3 Å². The Labute approximate surface area is 104 Å². The summed E-state index contributed by atoms with van der Waals surface area (Å²) in [6.07, 6.45) is 6.66. The van der Waals surface area contributed by atoms with Crippen molar-refractivity contribution in [3.8, 4) is 0 Å². The Hall–Kier alpha value is -1.11. The second-order valence-electron chi connectivity index (χ2n) is 5.27. The monoisotopic (exact) mass is 230 g/mol. The van der Waals surface area contributed by atoms with Crippen LogP contribution in [0.4, 0.5) is 0 Å². The molecule has 2 rings (SSSR count). The van der Waals surface area contributed by atoms with E-state index in [9.17, 15) is 4.79 Å². The first-order valence-corrected chi connectivity index (χ1v) is 6.86. The van der Waals surface area contributed by atoms with Crippen molar-refractivity contribution in [1.82, 2.24) is 0 Å². The molecule has 0 radical (unpaired) electrons. The van der Waals surface area contributed by atoms with Gasteiger partial charge in [-0.15, -0.1) is 0 Å². The first-order chi connectivity index (χ1) is 8.29. The Morgan fingerprint density at radius 1 is 1.24 bits per heavy atom. The summed E-state index contributed by atoms with van der Waals surface area (Å²) in [6.45, 7) is 2.24. The molecule has 1 aromatic carbocycles. The molecule has 0 saturated heterocycles. The lowest BCUT2D eigenvalue weighted by atomic mass is 9.77. The molecule has 1 nitrogen and oxygen atoms in total. The molecule has 1 aliphatic rings. The van der Waals surface area contributed by atoms with E-state index in [0.29, 0.717) is 18.1 Å². The molecule has 1 saturated carbocycles.